The Bertz CT molecular complexity index is 610. The molecule has 0 N–H and O–H groups in total. The molecule has 2 rings (SSSR count). The van der Waals surface area contributed by atoms with E-state index in [9.17, 15) is 4.79 Å². The molecule has 0 aliphatic heterocycles. The zero-order valence-electron chi connectivity index (χ0n) is 12.3. The summed E-state index contributed by atoms with van der Waals surface area (Å²) in [5.74, 6) is 0.619. The number of ether oxygens (including phenoxy) is 2. The molecule has 5 nitrogen and oxygen atoms in total. The van der Waals surface area contributed by atoms with Gasteiger partial charge in [0.2, 0.25) is 5.78 Å². The van der Waals surface area contributed by atoms with Crippen LogP contribution in [0.2, 0.25) is 0 Å². The lowest BCUT2D eigenvalue weighted by molar-refractivity contribution is 0.103. The van der Waals surface area contributed by atoms with Crippen LogP contribution in [0, 0.1) is 0 Å². The molecule has 0 atom stereocenters. The van der Waals surface area contributed by atoms with Gasteiger partial charge in [-0.25, -0.2) is 0 Å². The Kier molecular flexibility index (Phi) is 5.41. The van der Waals surface area contributed by atoms with Crippen molar-refractivity contribution >= 4 is 17.3 Å². The molecular weight excluding hydrogens is 288 g/mol. The number of para-hydroxylation sites is 1. The van der Waals surface area contributed by atoms with E-state index >= 15 is 0 Å². The summed E-state index contributed by atoms with van der Waals surface area (Å²) in [6.07, 6.45) is 0. The van der Waals surface area contributed by atoms with E-state index in [0.29, 0.717) is 29.4 Å². The van der Waals surface area contributed by atoms with Gasteiger partial charge in [0.15, 0.2) is 0 Å². The number of rotatable bonds is 7. The number of hydrogen-bond donors (Lipinski definition) is 0. The van der Waals surface area contributed by atoms with Gasteiger partial charge in [0.25, 0.3) is 0 Å². The molecule has 0 spiro atoms. The number of methoxy groups -OCH3 is 1. The fraction of sp³-hybridized carbons (Fsp3) is 0.400. The van der Waals surface area contributed by atoms with E-state index in [1.54, 1.807) is 19.2 Å². The monoisotopic (exact) mass is 306 g/mol. The standard InChI is InChI=1S/C15H18N2O3S/c1-10(2)13-15(21-17-16-13)14(18)11-6-4-5-7-12(11)20-9-8-19-3/h4-7,10H,8-9H2,1-3H3. The first kappa shape index (κ1) is 15.6. The highest BCUT2D eigenvalue weighted by Gasteiger charge is 2.22. The van der Waals surface area contributed by atoms with Crippen molar-refractivity contribution in [1.82, 2.24) is 9.59 Å². The van der Waals surface area contributed by atoms with Gasteiger partial charge in [0, 0.05) is 7.11 Å². The molecule has 0 unspecified atom stereocenters. The summed E-state index contributed by atoms with van der Waals surface area (Å²) < 4.78 is 14.5. The largest absolute Gasteiger partial charge is 0.490 e. The molecule has 1 aromatic heterocycles. The van der Waals surface area contributed by atoms with E-state index in [1.807, 2.05) is 26.0 Å². The maximum absolute atomic E-state index is 12.7. The normalized spacial score (nSPS) is 10.9. The van der Waals surface area contributed by atoms with Gasteiger partial charge in [-0.05, 0) is 29.6 Å². The first-order valence-corrected chi connectivity index (χ1v) is 7.50. The number of ketones is 1. The smallest absolute Gasteiger partial charge is 0.210 e. The average molecular weight is 306 g/mol. The summed E-state index contributed by atoms with van der Waals surface area (Å²) in [7, 11) is 1.61. The average Bonchev–Trinajstić information content (AvgIpc) is 2.97. The fourth-order valence-electron chi connectivity index (χ4n) is 1.87. The lowest BCUT2D eigenvalue weighted by Crippen LogP contribution is -2.10. The van der Waals surface area contributed by atoms with Gasteiger partial charge in [-0.3, -0.25) is 4.79 Å². The number of hydrogen-bond acceptors (Lipinski definition) is 6. The maximum Gasteiger partial charge on any atom is 0.210 e. The van der Waals surface area contributed by atoms with Crippen molar-refractivity contribution in [2.24, 2.45) is 0 Å². The summed E-state index contributed by atoms with van der Waals surface area (Å²) in [4.78, 5) is 13.3. The Morgan fingerprint density at radius 1 is 1.29 bits per heavy atom. The maximum atomic E-state index is 12.7. The summed E-state index contributed by atoms with van der Waals surface area (Å²) in [6, 6.07) is 7.20. The molecule has 1 heterocycles. The van der Waals surface area contributed by atoms with Crippen molar-refractivity contribution in [3.63, 3.8) is 0 Å². The molecule has 21 heavy (non-hydrogen) atoms. The van der Waals surface area contributed by atoms with Crippen molar-refractivity contribution in [1.29, 1.82) is 0 Å². The van der Waals surface area contributed by atoms with Crippen LogP contribution in [0.5, 0.6) is 5.75 Å². The molecule has 0 fully saturated rings. The fourth-order valence-corrected chi connectivity index (χ4v) is 2.64. The van der Waals surface area contributed by atoms with Gasteiger partial charge in [0.05, 0.1) is 17.9 Å². The van der Waals surface area contributed by atoms with Crippen molar-refractivity contribution in [3.8, 4) is 5.75 Å². The van der Waals surface area contributed by atoms with Crippen LogP contribution in [0.15, 0.2) is 24.3 Å². The third-order valence-corrected chi connectivity index (χ3v) is 3.68. The topological polar surface area (TPSA) is 61.3 Å². The highest BCUT2D eigenvalue weighted by Crippen LogP contribution is 2.27. The molecule has 6 heteroatoms. The number of carbonyl (C=O) groups is 1. The van der Waals surface area contributed by atoms with Crippen molar-refractivity contribution in [2.45, 2.75) is 19.8 Å². The van der Waals surface area contributed by atoms with Gasteiger partial charge in [-0.2, -0.15) is 0 Å². The molecule has 0 radical (unpaired) electrons. The zero-order chi connectivity index (χ0) is 15.2. The summed E-state index contributed by atoms with van der Waals surface area (Å²) in [6.45, 7) is 4.86. The van der Waals surface area contributed by atoms with Crippen LogP contribution >= 0.6 is 11.5 Å². The molecular formula is C15H18N2O3S. The molecule has 0 saturated carbocycles. The van der Waals surface area contributed by atoms with Gasteiger partial charge in [0.1, 0.15) is 17.2 Å². The van der Waals surface area contributed by atoms with E-state index in [2.05, 4.69) is 9.59 Å². The summed E-state index contributed by atoms with van der Waals surface area (Å²) in [5.41, 5.74) is 1.26. The van der Waals surface area contributed by atoms with Gasteiger partial charge in [-0.15, -0.1) is 5.10 Å². The minimum absolute atomic E-state index is 0.0956. The Balaban J connectivity index is 2.28. The Morgan fingerprint density at radius 2 is 2.05 bits per heavy atom. The second-order valence-corrected chi connectivity index (χ2v) is 5.56. The van der Waals surface area contributed by atoms with Crippen LogP contribution in [0.1, 0.15) is 40.7 Å². The third kappa shape index (κ3) is 3.65. The first-order chi connectivity index (χ1) is 10.1. The molecule has 0 bridgehead atoms. The second kappa shape index (κ2) is 7.28. The first-order valence-electron chi connectivity index (χ1n) is 6.72. The molecule has 0 saturated heterocycles. The predicted molar refractivity (Wildman–Crippen MR) is 81.2 cm³/mol. The van der Waals surface area contributed by atoms with Crippen LogP contribution in [0.3, 0.4) is 0 Å². The Hall–Kier alpha value is -1.79. The van der Waals surface area contributed by atoms with Crippen LogP contribution in [0.25, 0.3) is 0 Å². The van der Waals surface area contributed by atoms with E-state index < -0.39 is 0 Å². The van der Waals surface area contributed by atoms with E-state index in [4.69, 9.17) is 9.47 Å². The quantitative estimate of drug-likeness (QED) is 0.581. The van der Waals surface area contributed by atoms with Gasteiger partial charge in [-0.1, -0.05) is 30.5 Å². The molecule has 1 aromatic carbocycles. The minimum Gasteiger partial charge on any atom is -0.490 e. The second-order valence-electron chi connectivity index (χ2n) is 4.81. The highest BCUT2D eigenvalue weighted by atomic mass is 32.1. The predicted octanol–water partition coefficient (Wildman–Crippen LogP) is 2.92. The number of carbonyl (C=O) groups excluding carboxylic acids is 1. The lowest BCUT2D eigenvalue weighted by Gasteiger charge is -2.10. The van der Waals surface area contributed by atoms with Gasteiger partial charge >= 0.3 is 0 Å². The lowest BCUT2D eigenvalue weighted by atomic mass is 10.0. The van der Waals surface area contributed by atoms with Crippen LogP contribution in [-0.2, 0) is 4.74 Å². The minimum atomic E-state index is -0.0956. The molecule has 0 aliphatic rings. The molecule has 2 aromatic rings. The molecule has 0 aliphatic carbocycles. The molecule has 112 valence electrons. The van der Waals surface area contributed by atoms with Crippen molar-refractivity contribution < 1.29 is 14.3 Å². The molecule has 0 amide bonds. The van der Waals surface area contributed by atoms with Gasteiger partial charge < -0.3 is 9.47 Å². The third-order valence-electron chi connectivity index (χ3n) is 2.94. The van der Waals surface area contributed by atoms with Crippen LogP contribution in [0.4, 0.5) is 0 Å². The van der Waals surface area contributed by atoms with E-state index in [1.165, 1.54) is 0 Å². The Labute approximate surface area is 128 Å². The Morgan fingerprint density at radius 3 is 2.76 bits per heavy atom. The van der Waals surface area contributed by atoms with Crippen LogP contribution < -0.4 is 4.74 Å². The van der Waals surface area contributed by atoms with E-state index in [-0.39, 0.29) is 11.7 Å². The number of benzene rings is 1. The van der Waals surface area contributed by atoms with Crippen molar-refractivity contribution in [2.75, 3.05) is 20.3 Å². The number of aromatic nitrogens is 2. The zero-order valence-corrected chi connectivity index (χ0v) is 13.1. The SMILES string of the molecule is COCCOc1ccccc1C(=O)c1snnc1C(C)C. The van der Waals surface area contributed by atoms with Crippen molar-refractivity contribution in [3.05, 3.63) is 40.4 Å². The summed E-state index contributed by atoms with van der Waals surface area (Å²) in [5, 5.41) is 4.05. The van der Waals surface area contributed by atoms with Crippen LogP contribution in [-0.4, -0.2) is 35.7 Å². The van der Waals surface area contributed by atoms with E-state index in [0.717, 1.165) is 17.2 Å². The summed E-state index contributed by atoms with van der Waals surface area (Å²) >= 11 is 1.13. The number of nitrogens with zero attached hydrogens (tertiary/aromatic N) is 2. The highest BCUT2D eigenvalue weighted by molar-refractivity contribution is 7.08.